The van der Waals surface area contributed by atoms with Crippen molar-refractivity contribution in [3.8, 4) is 0 Å². The zero-order valence-corrected chi connectivity index (χ0v) is 11.0. The van der Waals surface area contributed by atoms with Crippen LogP contribution in [0.4, 0.5) is 0 Å². The van der Waals surface area contributed by atoms with Gasteiger partial charge in [-0.1, -0.05) is 0 Å². The van der Waals surface area contributed by atoms with E-state index in [1.807, 2.05) is 0 Å². The fourth-order valence-corrected chi connectivity index (χ4v) is 2.35. The summed E-state index contributed by atoms with van der Waals surface area (Å²) in [4.78, 5) is 0. The second-order valence-electron chi connectivity index (χ2n) is 5.04. The Morgan fingerprint density at radius 3 is 1.76 bits per heavy atom. The topological polar surface area (TPSA) is 169 Å². The molecule has 2 rings (SSSR count). The quantitative estimate of drug-likeness (QED) is 0.267. The van der Waals surface area contributed by atoms with E-state index in [0.29, 0.717) is 0 Å². The van der Waals surface area contributed by atoms with Crippen LogP contribution in [-0.4, -0.2) is 104 Å². The predicted molar refractivity (Wildman–Crippen MR) is 62.6 cm³/mol. The van der Waals surface area contributed by atoms with E-state index in [0.717, 1.165) is 0 Å². The standard InChI is InChI=1S/C11H20O10/c12-1-3-5(14)7(16)9(10(18)19-3)21-11-8(17)6(15)4(2-13)20-11/h3-18H,1-2H2/t3-,4-,5-,6-,7+,8+,9-,10-,11?/m1/s1. The van der Waals surface area contributed by atoms with Crippen LogP contribution < -0.4 is 0 Å². The highest BCUT2D eigenvalue weighted by molar-refractivity contribution is 4.92. The monoisotopic (exact) mass is 312 g/mol. The molecule has 0 aromatic heterocycles. The van der Waals surface area contributed by atoms with E-state index in [-0.39, 0.29) is 0 Å². The van der Waals surface area contributed by atoms with Gasteiger partial charge in [0.15, 0.2) is 12.6 Å². The summed E-state index contributed by atoms with van der Waals surface area (Å²) in [7, 11) is 0. The lowest BCUT2D eigenvalue weighted by Crippen LogP contribution is -2.60. The summed E-state index contributed by atoms with van der Waals surface area (Å²) < 4.78 is 15.1. The van der Waals surface area contributed by atoms with Crippen molar-refractivity contribution >= 4 is 0 Å². The summed E-state index contributed by atoms with van der Waals surface area (Å²) in [6, 6.07) is 0. The second-order valence-corrected chi connectivity index (χ2v) is 5.04. The van der Waals surface area contributed by atoms with Crippen molar-refractivity contribution in [1.82, 2.24) is 0 Å². The fourth-order valence-electron chi connectivity index (χ4n) is 2.35. The molecule has 0 spiro atoms. The zero-order chi connectivity index (χ0) is 15.7. The van der Waals surface area contributed by atoms with Crippen LogP contribution in [0.2, 0.25) is 0 Å². The SMILES string of the molecule is OC[C@H]1O[C@@H](O)[C@H](OC2O[C@H](CO)[C@@H](O)[C@@H]2O)[C@@H](O)[C@@H]1O. The number of rotatable bonds is 4. The number of hydrogen-bond acceptors (Lipinski definition) is 10. The third-order valence-corrected chi connectivity index (χ3v) is 3.63. The van der Waals surface area contributed by atoms with Crippen LogP contribution in [0.1, 0.15) is 0 Å². The predicted octanol–water partition coefficient (Wildman–Crippen LogP) is -4.76. The maximum absolute atomic E-state index is 9.87. The minimum atomic E-state index is -1.68. The summed E-state index contributed by atoms with van der Waals surface area (Å²) >= 11 is 0. The molecule has 9 atom stereocenters. The summed E-state index contributed by atoms with van der Waals surface area (Å²) in [6.07, 6.45) is -12.8. The van der Waals surface area contributed by atoms with Crippen LogP contribution in [-0.2, 0) is 14.2 Å². The van der Waals surface area contributed by atoms with E-state index in [9.17, 15) is 25.5 Å². The number of ether oxygens (including phenoxy) is 3. The Morgan fingerprint density at radius 2 is 1.24 bits per heavy atom. The molecule has 7 N–H and O–H groups in total. The van der Waals surface area contributed by atoms with Crippen LogP contribution >= 0.6 is 0 Å². The molecule has 10 nitrogen and oxygen atoms in total. The van der Waals surface area contributed by atoms with Crippen molar-refractivity contribution in [3.63, 3.8) is 0 Å². The van der Waals surface area contributed by atoms with Gasteiger partial charge in [-0.2, -0.15) is 0 Å². The minimum Gasteiger partial charge on any atom is -0.394 e. The second kappa shape index (κ2) is 6.79. The molecular weight excluding hydrogens is 292 g/mol. The average molecular weight is 312 g/mol. The third-order valence-electron chi connectivity index (χ3n) is 3.63. The Morgan fingerprint density at radius 1 is 0.714 bits per heavy atom. The molecule has 2 heterocycles. The first kappa shape index (κ1) is 17.0. The van der Waals surface area contributed by atoms with Crippen molar-refractivity contribution in [2.75, 3.05) is 13.2 Å². The lowest BCUT2D eigenvalue weighted by molar-refractivity contribution is -0.327. The van der Waals surface area contributed by atoms with Crippen molar-refractivity contribution < 1.29 is 50.0 Å². The zero-order valence-electron chi connectivity index (χ0n) is 11.0. The van der Waals surface area contributed by atoms with Crippen LogP contribution in [0.5, 0.6) is 0 Å². The van der Waals surface area contributed by atoms with Gasteiger partial charge >= 0.3 is 0 Å². The number of hydrogen-bond donors (Lipinski definition) is 7. The average Bonchev–Trinajstić information content (AvgIpc) is 2.74. The molecule has 0 saturated carbocycles. The van der Waals surface area contributed by atoms with E-state index < -0.39 is 68.5 Å². The van der Waals surface area contributed by atoms with Gasteiger partial charge in [-0.3, -0.25) is 0 Å². The van der Waals surface area contributed by atoms with Gasteiger partial charge in [0, 0.05) is 0 Å². The molecule has 1 unspecified atom stereocenters. The van der Waals surface area contributed by atoms with Crippen LogP contribution in [0, 0.1) is 0 Å². The molecule has 124 valence electrons. The van der Waals surface area contributed by atoms with E-state index >= 15 is 0 Å². The molecule has 2 aliphatic heterocycles. The van der Waals surface area contributed by atoms with Gasteiger partial charge in [-0.15, -0.1) is 0 Å². The highest BCUT2D eigenvalue weighted by Crippen LogP contribution is 2.28. The molecule has 0 radical (unpaired) electrons. The molecule has 21 heavy (non-hydrogen) atoms. The van der Waals surface area contributed by atoms with Gasteiger partial charge < -0.3 is 50.0 Å². The van der Waals surface area contributed by atoms with E-state index in [4.69, 9.17) is 24.4 Å². The van der Waals surface area contributed by atoms with Gasteiger partial charge in [0.05, 0.1) is 13.2 Å². The van der Waals surface area contributed by atoms with Crippen molar-refractivity contribution in [1.29, 1.82) is 0 Å². The largest absolute Gasteiger partial charge is 0.394 e. The Labute approximate surface area is 119 Å². The van der Waals surface area contributed by atoms with Gasteiger partial charge in [0.1, 0.15) is 42.7 Å². The molecule has 10 heteroatoms. The van der Waals surface area contributed by atoms with Crippen molar-refractivity contribution in [3.05, 3.63) is 0 Å². The van der Waals surface area contributed by atoms with Gasteiger partial charge in [0.25, 0.3) is 0 Å². The first-order valence-corrected chi connectivity index (χ1v) is 6.49. The molecule has 2 aliphatic rings. The third kappa shape index (κ3) is 3.19. The Hall–Kier alpha value is -0.400. The lowest BCUT2D eigenvalue weighted by Gasteiger charge is -2.40. The molecule has 0 aromatic carbocycles. The number of aliphatic hydroxyl groups excluding tert-OH is 7. The van der Waals surface area contributed by atoms with Crippen molar-refractivity contribution in [2.24, 2.45) is 0 Å². The minimum absolute atomic E-state index is 0.556. The molecule has 0 aliphatic carbocycles. The first-order chi connectivity index (χ1) is 9.90. The van der Waals surface area contributed by atoms with Crippen LogP contribution in [0.25, 0.3) is 0 Å². The van der Waals surface area contributed by atoms with Gasteiger partial charge in [-0.25, -0.2) is 0 Å². The fraction of sp³-hybridized carbons (Fsp3) is 1.00. The van der Waals surface area contributed by atoms with Crippen LogP contribution in [0.3, 0.4) is 0 Å². The molecule has 0 amide bonds. The summed E-state index contributed by atoms with van der Waals surface area (Å²) in [5.74, 6) is 0. The molecule has 0 aromatic rings. The molecule has 0 bridgehead atoms. The first-order valence-electron chi connectivity index (χ1n) is 6.49. The Kier molecular flexibility index (Phi) is 5.48. The summed E-state index contributed by atoms with van der Waals surface area (Å²) in [5.41, 5.74) is 0. The highest BCUT2D eigenvalue weighted by Gasteiger charge is 2.49. The van der Waals surface area contributed by atoms with E-state index in [1.165, 1.54) is 0 Å². The molecule has 2 fully saturated rings. The Balaban J connectivity index is 2.02. The summed E-state index contributed by atoms with van der Waals surface area (Å²) in [6.45, 7) is -1.17. The smallest absolute Gasteiger partial charge is 0.187 e. The Bertz CT molecular complexity index is 341. The normalized spacial score (nSPS) is 51.3. The molecule has 2 saturated heterocycles. The van der Waals surface area contributed by atoms with Gasteiger partial charge in [-0.05, 0) is 0 Å². The van der Waals surface area contributed by atoms with E-state index in [1.54, 1.807) is 0 Å². The van der Waals surface area contributed by atoms with Gasteiger partial charge in [0.2, 0.25) is 0 Å². The number of aliphatic hydroxyl groups is 7. The highest BCUT2D eigenvalue weighted by atomic mass is 16.7. The summed E-state index contributed by atoms with van der Waals surface area (Å²) in [5, 5.41) is 66.4. The maximum Gasteiger partial charge on any atom is 0.187 e. The van der Waals surface area contributed by atoms with Crippen molar-refractivity contribution in [2.45, 2.75) is 55.3 Å². The lowest BCUT2D eigenvalue weighted by atomic mass is 9.99. The van der Waals surface area contributed by atoms with E-state index in [2.05, 4.69) is 0 Å². The molecular formula is C11H20O10. The maximum atomic E-state index is 9.87. The van der Waals surface area contributed by atoms with Crippen LogP contribution in [0.15, 0.2) is 0 Å².